The molecule has 0 bridgehead atoms. The molecule has 2 heterocycles. The molecule has 1 nitrogen and oxygen atoms in total. The molecule has 0 saturated carbocycles. The number of nitrogens with one attached hydrogen (secondary N) is 1. The van der Waals surface area contributed by atoms with E-state index < -0.39 is 0 Å². The van der Waals surface area contributed by atoms with E-state index in [9.17, 15) is 0 Å². The van der Waals surface area contributed by atoms with Gasteiger partial charge in [0, 0.05) is 38.8 Å². The maximum atomic E-state index is 3.60. The van der Waals surface area contributed by atoms with Crippen LogP contribution in [-0.4, -0.2) is 13.1 Å². The minimum atomic E-state index is 0.737. The number of rotatable bonds is 2. The Morgan fingerprint density at radius 3 is 2.62 bits per heavy atom. The predicted octanol–water partition coefficient (Wildman–Crippen LogP) is 3.86. The van der Waals surface area contributed by atoms with E-state index in [2.05, 4.69) is 57.6 Å². The molecule has 1 saturated heterocycles. The van der Waals surface area contributed by atoms with Gasteiger partial charge in [-0.15, -0.1) is 11.3 Å². The lowest BCUT2D eigenvalue weighted by atomic mass is 10.0. The minimum Gasteiger partial charge on any atom is -0.315 e. The van der Waals surface area contributed by atoms with Gasteiger partial charge in [0.2, 0.25) is 0 Å². The Hall–Kier alpha value is -0.640. The van der Waals surface area contributed by atoms with E-state index in [4.69, 9.17) is 0 Å². The molecule has 1 aliphatic rings. The first-order valence-electron chi connectivity index (χ1n) is 5.40. The first-order chi connectivity index (χ1) is 7.84. The number of halogens is 1. The molecule has 0 aliphatic carbocycles. The molecular weight excluding hydrogens is 282 g/mol. The van der Waals surface area contributed by atoms with Gasteiger partial charge in [0.25, 0.3) is 0 Å². The van der Waals surface area contributed by atoms with Crippen LogP contribution in [0, 0.1) is 0 Å². The van der Waals surface area contributed by atoms with Gasteiger partial charge in [-0.3, -0.25) is 0 Å². The molecule has 1 aliphatic heterocycles. The van der Waals surface area contributed by atoms with E-state index in [1.165, 1.54) is 19.8 Å². The van der Waals surface area contributed by atoms with Crippen molar-refractivity contribution in [3.05, 3.63) is 45.7 Å². The highest BCUT2D eigenvalue weighted by Gasteiger charge is 2.20. The number of hydrogen-bond donors (Lipinski definition) is 1. The third-order valence-corrected chi connectivity index (χ3v) is 4.92. The Labute approximate surface area is 108 Å². The van der Waals surface area contributed by atoms with E-state index in [-0.39, 0.29) is 0 Å². The van der Waals surface area contributed by atoms with Crippen molar-refractivity contribution >= 4 is 27.3 Å². The lowest BCUT2D eigenvalue weighted by Gasteiger charge is -2.25. The fourth-order valence-electron chi connectivity index (χ4n) is 1.87. The molecular formula is C13H12BrNS. The van der Waals surface area contributed by atoms with Gasteiger partial charge in [0.05, 0.1) is 0 Å². The molecule has 3 heteroatoms. The second-order valence-corrected chi connectivity index (χ2v) is 6.01. The quantitative estimate of drug-likeness (QED) is 0.886. The minimum absolute atomic E-state index is 0.737. The molecule has 16 heavy (non-hydrogen) atoms. The highest BCUT2D eigenvalue weighted by molar-refractivity contribution is 9.10. The van der Waals surface area contributed by atoms with Crippen molar-refractivity contribution in [2.75, 3.05) is 13.1 Å². The van der Waals surface area contributed by atoms with Gasteiger partial charge >= 0.3 is 0 Å². The average molecular weight is 294 g/mol. The molecule has 0 amide bonds. The maximum absolute atomic E-state index is 3.60. The van der Waals surface area contributed by atoms with E-state index in [1.54, 1.807) is 0 Å². The van der Waals surface area contributed by atoms with Crippen LogP contribution in [-0.2, 0) is 0 Å². The Morgan fingerprint density at radius 2 is 1.94 bits per heavy atom. The van der Waals surface area contributed by atoms with Crippen LogP contribution in [0.5, 0.6) is 0 Å². The second kappa shape index (κ2) is 4.32. The number of hydrogen-bond acceptors (Lipinski definition) is 2. The third-order valence-electron chi connectivity index (χ3n) is 2.95. The van der Waals surface area contributed by atoms with E-state index >= 15 is 0 Å². The molecule has 3 rings (SSSR count). The molecule has 0 spiro atoms. The Morgan fingerprint density at radius 1 is 1.12 bits per heavy atom. The van der Waals surface area contributed by atoms with Crippen molar-refractivity contribution in [3.8, 4) is 10.4 Å². The smallest absolute Gasteiger partial charge is 0.0357 e. The zero-order chi connectivity index (χ0) is 11.0. The van der Waals surface area contributed by atoms with Crippen LogP contribution in [0.2, 0.25) is 0 Å². The summed E-state index contributed by atoms with van der Waals surface area (Å²) in [6.07, 6.45) is 0. The topological polar surface area (TPSA) is 12.0 Å². The molecule has 1 fully saturated rings. The molecule has 1 aromatic heterocycles. The predicted molar refractivity (Wildman–Crippen MR) is 73.1 cm³/mol. The summed E-state index contributed by atoms with van der Waals surface area (Å²) in [7, 11) is 0. The van der Waals surface area contributed by atoms with E-state index in [0.29, 0.717) is 0 Å². The largest absolute Gasteiger partial charge is 0.315 e. The lowest BCUT2D eigenvalue weighted by Crippen LogP contribution is -2.39. The van der Waals surface area contributed by atoms with Crippen molar-refractivity contribution in [2.24, 2.45) is 0 Å². The maximum Gasteiger partial charge on any atom is 0.0357 e. The van der Waals surface area contributed by atoms with Gasteiger partial charge < -0.3 is 5.32 Å². The molecule has 0 unspecified atom stereocenters. The van der Waals surface area contributed by atoms with Crippen LogP contribution in [0.25, 0.3) is 10.4 Å². The first kappa shape index (κ1) is 10.5. The van der Waals surface area contributed by atoms with Crippen molar-refractivity contribution in [3.63, 3.8) is 0 Å². The van der Waals surface area contributed by atoms with Gasteiger partial charge in [0.1, 0.15) is 0 Å². The molecule has 1 aromatic carbocycles. The lowest BCUT2D eigenvalue weighted by molar-refractivity contribution is 0.454. The van der Waals surface area contributed by atoms with Crippen molar-refractivity contribution in [1.82, 2.24) is 5.32 Å². The van der Waals surface area contributed by atoms with Crippen LogP contribution >= 0.6 is 27.3 Å². The number of thiophene rings is 1. The summed E-state index contributed by atoms with van der Waals surface area (Å²) in [4.78, 5) is 2.86. The molecule has 82 valence electrons. The summed E-state index contributed by atoms with van der Waals surface area (Å²) >= 11 is 5.52. The SMILES string of the molecule is Brc1ccccc1-c1ccc(C2CNC2)s1. The van der Waals surface area contributed by atoms with Gasteiger partial charge in [-0.25, -0.2) is 0 Å². The van der Waals surface area contributed by atoms with Crippen LogP contribution in [0.3, 0.4) is 0 Å². The Kier molecular flexibility index (Phi) is 2.84. The molecule has 0 radical (unpaired) electrons. The van der Waals surface area contributed by atoms with E-state index in [1.807, 2.05) is 11.3 Å². The van der Waals surface area contributed by atoms with Crippen molar-refractivity contribution in [2.45, 2.75) is 5.92 Å². The van der Waals surface area contributed by atoms with Gasteiger partial charge in [-0.1, -0.05) is 34.1 Å². The number of benzene rings is 1. The zero-order valence-electron chi connectivity index (χ0n) is 8.74. The second-order valence-electron chi connectivity index (χ2n) is 4.04. The van der Waals surface area contributed by atoms with Gasteiger partial charge in [-0.2, -0.15) is 0 Å². The highest BCUT2D eigenvalue weighted by atomic mass is 79.9. The van der Waals surface area contributed by atoms with Crippen LogP contribution < -0.4 is 5.32 Å². The summed E-state index contributed by atoms with van der Waals surface area (Å²) in [5.41, 5.74) is 1.30. The summed E-state index contributed by atoms with van der Waals surface area (Å²) in [6, 6.07) is 12.9. The van der Waals surface area contributed by atoms with Crippen LogP contribution in [0.1, 0.15) is 10.8 Å². The van der Waals surface area contributed by atoms with E-state index in [0.717, 1.165) is 19.0 Å². The fourth-order valence-corrected chi connectivity index (χ4v) is 3.64. The monoisotopic (exact) mass is 293 g/mol. The molecule has 1 N–H and O–H groups in total. The average Bonchev–Trinajstić information content (AvgIpc) is 2.65. The van der Waals surface area contributed by atoms with Gasteiger partial charge in [-0.05, 0) is 18.2 Å². The Bertz CT molecular complexity index is 502. The first-order valence-corrected chi connectivity index (χ1v) is 7.01. The summed E-state index contributed by atoms with van der Waals surface area (Å²) in [5, 5.41) is 3.32. The molecule has 2 aromatic rings. The van der Waals surface area contributed by atoms with Crippen molar-refractivity contribution in [1.29, 1.82) is 0 Å². The fraction of sp³-hybridized carbons (Fsp3) is 0.231. The summed E-state index contributed by atoms with van der Waals surface area (Å²) in [6.45, 7) is 2.27. The summed E-state index contributed by atoms with van der Waals surface area (Å²) < 4.78 is 1.18. The van der Waals surface area contributed by atoms with Crippen LogP contribution in [0.4, 0.5) is 0 Å². The standard InChI is InChI=1S/C13H12BrNS/c14-11-4-2-1-3-10(11)13-6-5-12(16-13)9-7-15-8-9/h1-6,9,15H,7-8H2. The zero-order valence-corrected chi connectivity index (χ0v) is 11.1. The summed E-state index contributed by atoms with van der Waals surface area (Å²) in [5.74, 6) is 0.737. The van der Waals surface area contributed by atoms with Crippen molar-refractivity contribution < 1.29 is 0 Å². The third kappa shape index (κ3) is 1.83. The van der Waals surface area contributed by atoms with Crippen LogP contribution in [0.15, 0.2) is 40.9 Å². The molecule has 0 atom stereocenters. The normalized spacial score (nSPS) is 16.1. The van der Waals surface area contributed by atoms with Gasteiger partial charge in [0.15, 0.2) is 0 Å². The highest BCUT2D eigenvalue weighted by Crippen LogP contribution is 2.36. The Balaban J connectivity index is 1.95.